The highest BCUT2D eigenvalue weighted by molar-refractivity contribution is 5.94. The van der Waals surface area contributed by atoms with Gasteiger partial charge in [0.15, 0.2) is 11.5 Å². The van der Waals surface area contributed by atoms with Crippen LogP contribution in [0.2, 0.25) is 0 Å². The van der Waals surface area contributed by atoms with Crippen LogP contribution in [0.4, 0.5) is 0 Å². The Morgan fingerprint density at radius 3 is 2.43 bits per heavy atom. The molecule has 1 aromatic heterocycles. The number of pyridine rings is 1. The number of amides is 1. The van der Waals surface area contributed by atoms with Crippen LogP contribution in [0.3, 0.4) is 0 Å². The van der Waals surface area contributed by atoms with Gasteiger partial charge in [-0.25, -0.2) is 0 Å². The summed E-state index contributed by atoms with van der Waals surface area (Å²) in [6, 6.07) is 8.14. The Kier molecular flexibility index (Phi) is 5.05. The summed E-state index contributed by atoms with van der Waals surface area (Å²) in [5.41, 5.74) is 0.983. The maximum atomic E-state index is 12.3. The van der Waals surface area contributed by atoms with Gasteiger partial charge in [-0.05, 0) is 30.7 Å². The second kappa shape index (κ2) is 7.00. The topological polar surface area (TPSA) is 69.6 Å². The molecule has 2 rings (SSSR count). The number of carbonyl (C=O) groups is 1. The molecule has 0 bridgehead atoms. The Bertz CT molecular complexity index is 767. The van der Waals surface area contributed by atoms with E-state index in [0.29, 0.717) is 17.1 Å². The van der Waals surface area contributed by atoms with Crippen molar-refractivity contribution in [3.8, 4) is 11.5 Å². The van der Waals surface area contributed by atoms with Crippen molar-refractivity contribution in [1.29, 1.82) is 0 Å². The molecule has 1 heterocycles. The van der Waals surface area contributed by atoms with E-state index in [-0.39, 0.29) is 17.5 Å². The number of nitrogens with zero attached hydrogens (tertiary/aromatic N) is 1. The average molecular weight is 316 g/mol. The second-order valence-corrected chi connectivity index (χ2v) is 5.17. The standard InChI is InChI=1S/C17H20N2O4/c1-11(12-5-6-14(22-3)15(9-12)23-4)18-17(21)13-7-8-19(2)16(20)10-13/h5-11H,1-4H3,(H,18,21)/t11-/m1/s1. The molecule has 1 atom stereocenters. The molecule has 1 amide bonds. The van der Waals surface area contributed by atoms with Crippen LogP contribution in [-0.2, 0) is 7.05 Å². The van der Waals surface area contributed by atoms with E-state index in [9.17, 15) is 9.59 Å². The number of rotatable bonds is 5. The van der Waals surface area contributed by atoms with Crippen molar-refractivity contribution in [3.05, 3.63) is 58.0 Å². The van der Waals surface area contributed by atoms with E-state index in [1.807, 2.05) is 19.1 Å². The first-order valence-electron chi connectivity index (χ1n) is 7.15. The Morgan fingerprint density at radius 2 is 1.83 bits per heavy atom. The number of hydrogen-bond acceptors (Lipinski definition) is 4. The van der Waals surface area contributed by atoms with E-state index in [0.717, 1.165) is 5.56 Å². The summed E-state index contributed by atoms with van der Waals surface area (Å²) in [5.74, 6) is 0.922. The summed E-state index contributed by atoms with van der Waals surface area (Å²) in [6.45, 7) is 1.86. The molecule has 1 N–H and O–H groups in total. The van der Waals surface area contributed by atoms with Gasteiger partial charge < -0.3 is 19.4 Å². The van der Waals surface area contributed by atoms with Crippen molar-refractivity contribution in [2.24, 2.45) is 7.05 Å². The smallest absolute Gasteiger partial charge is 0.252 e. The van der Waals surface area contributed by atoms with Crippen LogP contribution in [0.1, 0.15) is 28.9 Å². The molecule has 122 valence electrons. The molecule has 2 aromatic rings. The van der Waals surface area contributed by atoms with E-state index < -0.39 is 0 Å². The van der Waals surface area contributed by atoms with Crippen LogP contribution in [0.15, 0.2) is 41.3 Å². The normalized spacial score (nSPS) is 11.7. The first kappa shape index (κ1) is 16.6. The summed E-state index contributed by atoms with van der Waals surface area (Å²) in [4.78, 5) is 23.9. The average Bonchev–Trinajstić information content (AvgIpc) is 2.56. The number of ether oxygens (including phenoxy) is 2. The van der Waals surface area contributed by atoms with Crippen molar-refractivity contribution < 1.29 is 14.3 Å². The van der Waals surface area contributed by atoms with Crippen molar-refractivity contribution in [1.82, 2.24) is 9.88 Å². The van der Waals surface area contributed by atoms with Crippen LogP contribution in [-0.4, -0.2) is 24.7 Å². The van der Waals surface area contributed by atoms with Crippen LogP contribution >= 0.6 is 0 Å². The Labute approximate surface area is 134 Å². The maximum absolute atomic E-state index is 12.3. The SMILES string of the molecule is COc1ccc([C@@H](C)NC(=O)c2ccn(C)c(=O)c2)cc1OC. The largest absolute Gasteiger partial charge is 0.493 e. The Morgan fingerprint density at radius 1 is 1.13 bits per heavy atom. The lowest BCUT2D eigenvalue weighted by Crippen LogP contribution is -2.28. The molecular weight excluding hydrogens is 296 g/mol. The summed E-state index contributed by atoms with van der Waals surface area (Å²) < 4.78 is 11.9. The predicted molar refractivity (Wildman–Crippen MR) is 87.1 cm³/mol. The number of methoxy groups -OCH3 is 2. The molecule has 0 fully saturated rings. The third-order valence-electron chi connectivity index (χ3n) is 3.62. The third-order valence-corrected chi connectivity index (χ3v) is 3.62. The minimum atomic E-state index is -0.301. The van der Waals surface area contributed by atoms with E-state index >= 15 is 0 Å². The quantitative estimate of drug-likeness (QED) is 0.914. The highest BCUT2D eigenvalue weighted by Gasteiger charge is 2.14. The predicted octanol–water partition coefficient (Wildman–Crippen LogP) is 1.89. The van der Waals surface area contributed by atoms with Crippen molar-refractivity contribution in [2.75, 3.05) is 14.2 Å². The number of carbonyl (C=O) groups excluding carboxylic acids is 1. The van der Waals surface area contributed by atoms with Gasteiger partial charge in [0.2, 0.25) is 0 Å². The highest BCUT2D eigenvalue weighted by Crippen LogP contribution is 2.29. The van der Waals surface area contributed by atoms with E-state index in [1.165, 1.54) is 10.6 Å². The lowest BCUT2D eigenvalue weighted by atomic mass is 10.1. The Hall–Kier alpha value is -2.76. The van der Waals surface area contributed by atoms with Gasteiger partial charge in [0.25, 0.3) is 11.5 Å². The lowest BCUT2D eigenvalue weighted by Gasteiger charge is -2.16. The van der Waals surface area contributed by atoms with Crippen molar-refractivity contribution in [2.45, 2.75) is 13.0 Å². The lowest BCUT2D eigenvalue weighted by molar-refractivity contribution is 0.0939. The first-order valence-corrected chi connectivity index (χ1v) is 7.15. The molecule has 0 aliphatic rings. The van der Waals surface area contributed by atoms with E-state index in [1.54, 1.807) is 39.6 Å². The summed E-state index contributed by atoms with van der Waals surface area (Å²) in [6.07, 6.45) is 1.57. The van der Waals surface area contributed by atoms with Crippen molar-refractivity contribution in [3.63, 3.8) is 0 Å². The molecule has 0 saturated heterocycles. The molecule has 0 aliphatic carbocycles. The minimum absolute atomic E-state index is 0.226. The second-order valence-electron chi connectivity index (χ2n) is 5.17. The number of hydrogen-bond donors (Lipinski definition) is 1. The zero-order valence-corrected chi connectivity index (χ0v) is 13.6. The number of nitrogens with one attached hydrogen (secondary N) is 1. The van der Waals surface area contributed by atoms with Gasteiger partial charge in [0.1, 0.15) is 0 Å². The molecule has 6 nitrogen and oxygen atoms in total. The van der Waals surface area contributed by atoms with Gasteiger partial charge >= 0.3 is 0 Å². The fourth-order valence-electron chi connectivity index (χ4n) is 2.18. The molecule has 1 aromatic carbocycles. The van der Waals surface area contributed by atoms with E-state index in [2.05, 4.69) is 5.32 Å². The number of aromatic nitrogens is 1. The number of aryl methyl sites for hydroxylation is 1. The molecule has 0 spiro atoms. The first-order chi connectivity index (χ1) is 11.0. The molecular formula is C17H20N2O4. The molecule has 6 heteroatoms. The maximum Gasteiger partial charge on any atom is 0.252 e. The van der Waals surface area contributed by atoms with Crippen LogP contribution < -0.4 is 20.3 Å². The van der Waals surface area contributed by atoms with Gasteiger partial charge in [-0.3, -0.25) is 9.59 Å². The molecule has 0 radical (unpaired) electrons. The highest BCUT2D eigenvalue weighted by atomic mass is 16.5. The van der Waals surface area contributed by atoms with Crippen LogP contribution in [0, 0.1) is 0 Å². The van der Waals surface area contributed by atoms with Gasteiger partial charge in [0.05, 0.1) is 20.3 Å². The zero-order valence-electron chi connectivity index (χ0n) is 13.6. The fourth-order valence-corrected chi connectivity index (χ4v) is 2.18. The molecule has 0 saturated carbocycles. The van der Waals surface area contributed by atoms with Crippen molar-refractivity contribution >= 4 is 5.91 Å². The Balaban J connectivity index is 2.17. The van der Waals surface area contributed by atoms with Crippen LogP contribution in [0.5, 0.6) is 11.5 Å². The molecule has 23 heavy (non-hydrogen) atoms. The minimum Gasteiger partial charge on any atom is -0.493 e. The van der Waals surface area contributed by atoms with Crippen LogP contribution in [0.25, 0.3) is 0 Å². The summed E-state index contributed by atoms with van der Waals surface area (Å²) in [7, 11) is 4.76. The molecule has 0 unspecified atom stereocenters. The summed E-state index contributed by atoms with van der Waals surface area (Å²) in [5, 5.41) is 2.86. The van der Waals surface area contributed by atoms with Gasteiger partial charge in [-0.15, -0.1) is 0 Å². The summed E-state index contributed by atoms with van der Waals surface area (Å²) >= 11 is 0. The zero-order chi connectivity index (χ0) is 17.0. The van der Waals surface area contributed by atoms with E-state index in [4.69, 9.17) is 9.47 Å². The molecule has 0 aliphatic heterocycles. The third kappa shape index (κ3) is 3.71. The fraction of sp³-hybridized carbons (Fsp3) is 0.294. The van der Waals surface area contributed by atoms with Gasteiger partial charge in [-0.2, -0.15) is 0 Å². The number of benzene rings is 1. The monoisotopic (exact) mass is 316 g/mol. The van der Waals surface area contributed by atoms with Gasteiger partial charge in [-0.1, -0.05) is 6.07 Å². The van der Waals surface area contributed by atoms with Gasteiger partial charge in [0, 0.05) is 24.9 Å².